The van der Waals surface area contributed by atoms with Crippen LogP contribution in [0.3, 0.4) is 0 Å². The molecule has 0 spiro atoms. The number of methoxy groups -OCH3 is 1. The second-order valence-corrected chi connectivity index (χ2v) is 8.20. The molecule has 2 amide bonds. The van der Waals surface area contributed by atoms with Crippen LogP contribution in [-0.2, 0) is 11.2 Å². The Morgan fingerprint density at radius 3 is 2.72 bits per heavy atom. The van der Waals surface area contributed by atoms with Crippen molar-refractivity contribution in [1.82, 2.24) is 15.2 Å². The molecule has 1 aliphatic carbocycles. The van der Waals surface area contributed by atoms with E-state index in [0.717, 1.165) is 58.3 Å². The van der Waals surface area contributed by atoms with E-state index in [1.807, 2.05) is 48.5 Å². The number of allylic oxidation sites excluding steroid dienone is 1. The number of ether oxygens (including phenoxy) is 1. The molecule has 32 heavy (non-hydrogen) atoms. The number of para-hydroxylation sites is 1. The van der Waals surface area contributed by atoms with Crippen LogP contribution in [-0.4, -0.2) is 48.4 Å². The van der Waals surface area contributed by atoms with Gasteiger partial charge in [-0.2, -0.15) is 0 Å². The van der Waals surface area contributed by atoms with Crippen LogP contribution in [0.5, 0.6) is 5.75 Å². The molecule has 6 nitrogen and oxygen atoms in total. The van der Waals surface area contributed by atoms with Crippen molar-refractivity contribution in [1.29, 1.82) is 0 Å². The van der Waals surface area contributed by atoms with Crippen LogP contribution in [0.25, 0.3) is 22.6 Å². The van der Waals surface area contributed by atoms with Crippen LogP contribution < -0.4 is 10.1 Å². The highest BCUT2D eigenvalue weighted by atomic mass is 16.5. The van der Waals surface area contributed by atoms with E-state index in [1.165, 1.54) is 0 Å². The summed E-state index contributed by atoms with van der Waals surface area (Å²) in [5, 5.41) is 3.65. The van der Waals surface area contributed by atoms with Gasteiger partial charge in [0.25, 0.3) is 5.91 Å². The number of fused-ring (bicyclic) bond motifs is 2. The van der Waals surface area contributed by atoms with E-state index in [-0.39, 0.29) is 18.4 Å². The van der Waals surface area contributed by atoms with Crippen molar-refractivity contribution >= 4 is 34.4 Å². The van der Waals surface area contributed by atoms with E-state index in [2.05, 4.69) is 11.4 Å². The van der Waals surface area contributed by atoms with Gasteiger partial charge in [-0.1, -0.05) is 30.3 Å². The number of rotatable bonds is 3. The fourth-order valence-corrected chi connectivity index (χ4v) is 4.59. The van der Waals surface area contributed by atoms with Crippen molar-refractivity contribution in [3.05, 3.63) is 70.9 Å². The van der Waals surface area contributed by atoms with Crippen molar-refractivity contribution in [2.75, 3.05) is 26.7 Å². The lowest BCUT2D eigenvalue weighted by Crippen LogP contribution is -2.50. The van der Waals surface area contributed by atoms with Crippen LogP contribution in [0.1, 0.15) is 40.0 Å². The molecule has 0 saturated carbocycles. The first-order chi connectivity index (χ1) is 15.6. The number of aromatic nitrogens is 1. The third-order valence-corrected chi connectivity index (χ3v) is 6.17. The summed E-state index contributed by atoms with van der Waals surface area (Å²) >= 11 is 0. The minimum atomic E-state index is -0.114. The van der Waals surface area contributed by atoms with Gasteiger partial charge >= 0.3 is 0 Å². The fraction of sp³-hybridized carbons (Fsp3) is 0.269. The van der Waals surface area contributed by atoms with E-state index in [1.54, 1.807) is 12.0 Å². The Labute approximate surface area is 186 Å². The summed E-state index contributed by atoms with van der Waals surface area (Å²) in [7, 11) is 1.66. The zero-order valence-corrected chi connectivity index (χ0v) is 18.1. The average molecular weight is 428 g/mol. The Kier molecular flexibility index (Phi) is 5.35. The molecule has 1 saturated heterocycles. The van der Waals surface area contributed by atoms with Gasteiger partial charge < -0.3 is 15.0 Å². The predicted octanol–water partition coefficient (Wildman–Crippen LogP) is 3.69. The van der Waals surface area contributed by atoms with E-state index >= 15 is 0 Å². The molecule has 1 aromatic heterocycles. The molecule has 2 aromatic carbocycles. The number of carbonyl (C=O) groups excluding carboxylic acids is 2. The highest BCUT2D eigenvalue weighted by Gasteiger charge is 2.29. The molecule has 162 valence electrons. The second kappa shape index (κ2) is 8.46. The van der Waals surface area contributed by atoms with E-state index in [4.69, 9.17) is 9.72 Å². The van der Waals surface area contributed by atoms with Gasteiger partial charge in [0.05, 0.1) is 30.4 Å². The largest absolute Gasteiger partial charge is 0.497 e. The van der Waals surface area contributed by atoms with E-state index in [9.17, 15) is 9.59 Å². The number of carbonyl (C=O) groups is 2. The number of amides is 2. The number of hydrogen-bond donors (Lipinski definition) is 1. The molecule has 1 fully saturated rings. The smallest absolute Gasteiger partial charge is 0.255 e. The van der Waals surface area contributed by atoms with Crippen LogP contribution in [0.4, 0.5) is 0 Å². The number of hydrogen-bond acceptors (Lipinski definition) is 4. The quantitative estimate of drug-likeness (QED) is 0.692. The molecule has 0 unspecified atom stereocenters. The maximum Gasteiger partial charge on any atom is 0.255 e. The number of nitrogens with zero attached hydrogens (tertiary/aromatic N) is 2. The van der Waals surface area contributed by atoms with Crippen LogP contribution >= 0.6 is 0 Å². The molecule has 0 bridgehead atoms. The molecular formula is C26H25N3O3. The van der Waals surface area contributed by atoms with Crippen LogP contribution in [0, 0.1) is 0 Å². The molecule has 1 aliphatic heterocycles. The molecular weight excluding hydrogens is 402 g/mol. The number of piperazine rings is 1. The van der Waals surface area contributed by atoms with Gasteiger partial charge in [-0.05, 0) is 60.2 Å². The van der Waals surface area contributed by atoms with Gasteiger partial charge in [-0.25, -0.2) is 4.98 Å². The lowest BCUT2D eigenvalue weighted by Gasteiger charge is -2.29. The summed E-state index contributed by atoms with van der Waals surface area (Å²) in [5.41, 5.74) is 5.59. The molecule has 0 atom stereocenters. The summed E-state index contributed by atoms with van der Waals surface area (Å²) in [4.78, 5) is 32.2. The minimum Gasteiger partial charge on any atom is -0.497 e. The van der Waals surface area contributed by atoms with Gasteiger partial charge in [0, 0.05) is 18.5 Å². The fourth-order valence-electron chi connectivity index (χ4n) is 4.59. The normalized spacial score (nSPS) is 17.2. The van der Waals surface area contributed by atoms with Crippen molar-refractivity contribution in [3.8, 4) is 5.75 Å². The summed E-state index contributed by atoms with van der Waals surface area (Å²) in [6, 6.07) is 15.7. The zero-order chi connectivity index (χ0) is 22.1. The Balaban J connectivity index is 1.64. The Hall–Kier alpha value is -3.67. The molecule has 3 aromatic rings. The highest BCUT2D eigenvalue weighted by Crippen LogP contribution is 2.36. The molecule has 2 heterocycles. The summed E-state index contributed by atoms with van der Waals surface area (Å²) in [6.45, 7) is 1.10. The first kappa shape index (κ1) is 20.2. The summed E-state index contributed by atoms with van der Waals surface area (Å²) in [6.07, 6.45) is 4.82. The predicted molar refractivity (Wildman–Crippen MR) is 124 cm³/mol. The molecule has 1 N–H and O–H groups in total. The first-order valence-corrected chi connectivity index (χ1v) is 11.0. The summed E-state index contributed by atoms with van der Waals surface area (Å²) in [5.74, 6) is 0.621. The molecule has 2 aliphatic rings. The van der Waals surface area contributed by atoms with Crippen molar-refractivity contribution in [3.63, 3.8) is 0 Å². The number of nitrogens with one attached hydrogen (secondary N) is 1. The number of benzene rings is 2. The molecule has 6 heteroatoms. The van der Waals surface area contributed by atoms with Gasteiger partial charge in [-0.15, -0.1) is 0 Å². The Morgan fingerprint density at radius 2 is 1.94 bits per heavy atom. The van der Waals surface area contributed by atoms with Gasteiger partial charge in [0.15, 0.2) is 0 Å². The SMILES string of the molecule is COc1ccc(/C=C2/CCCc3c2nc2ccccc2c3C(=O)N2CCNC(=O)C2)cc1. The Bertz CT molecular complexity index is 1230. The average Bonchev–Trinajstić information content (AvgIpc) is 2.83. The zero-order valence-electron chi connectivity index (χ0n) is 18.1. The molecule has 0 radical (unpaired) electrons. The van der Waals surface area contributed by atoms with Crippen molar-refractivity contribution < 1.29 is 14.3 Å². The van der Waals surface area contributed by atoms with Gasteiger partial charge in [0.1, 0.15) is 5.75 Å². The van der Waals surface area contributed by atoms with Gasteiger partial charge in [-0.3, -0.25) is 9.59 Å². The second-order valence-electron chi connectivity index (χ2n) is 8.20. The number of pyridine rings is 1. The van der Waals surface area contributed by atoms with Crippen molar-refractivity contribution in [2.45, 2.75) is 19.3 Å². The maximum atomic E-state index is 13.7. The standard InChI is InChI=1S/C26H25N3O3/c1-32-19-11-9-17(10-12-19)15-18-5-4-7-21-24(26(31)29-14-13-27-23(30)16-29)20-6-2-3-8-22(20)28-25(18)21/h2-3,6,8-12,15H,4-5,7,13-14,16H2,1H3,(H,27,30)/b18-15-. The lowest BCUT2D eigenvalue weighted by atomic mass is 9.85. The van der Waals surface area contributed by atoms with Crippen LogP contribution in [0.15, 0.2) is 48.5 Å². The Morgan fingerprint density at radius 1 is 1.12 bits per heavy atom. The van der Waals surface area contributed by atoms with Gasteiger partial charge in [0.2, 0.25) is 5.91 Å². The molecule has 5 rings (SSSR count). The third-order valence-electron chi connectivity index (χ3n) is 6.17. The third kappa shape index (κ3) is 3.73. The highest BCUT2D eigenvalue weighted by molar-refractivity contribution is 6.10. The minimum absolute atomic E-state index is 0.0830. The monoisotopic (exact) mass is 427 g/mol. The van der Waals surface area contributed by atoms with Crippen molar-refractivity contribution in [2.24, 2.45) is 0 Å². The van der Waals surface area contributed by atoms with Crippen LogP contribution in [0.2, 0.25) is 0 Å². The summed E-state index contributed by atoms with van der Waals surface area (Å²) < 4.78 is 5.27. The van der Waals surface area contributed by atoms with E-state index in [0.29, 0.717) is 18.7 Å². The van der Waals surface area contributed by atoms with E-state index < -0.39 is 0 Å². The lowest BCUT2D eigenvalue weighted by molar-refractivity contribution is -0.123. The topological polar surface area (TPSA) is 71.5 Å². The first-order valence-electron chi connectivity index (χ1n) is 11.0. The maximum absolute atomic E-state index is 13.7.